The standard InChI is InChI=1S/C26H40N2O2/c1-3-5-7-8-9-10-11-13-23-14-16-24(17-15-23)26-27-21-25(22-28-26)30-20-19-29-18-12-6-4-2/h14-17,21-22H,3-13,18-20H2,1-2H3. The summed E-state index contributed by atoms with van der Waals surface area (Å²) in [6, 6.07) is 8.65. The molecule has 30 heavy (non-hydrogen) atoms. The lowest BCUT2D eigenvalue weighted by Crippen LogP contribution is -2.08. The zero-order chi connectivity index (χ0) is 21.3. The highest BCUT2D eigenvalue weighted by atomic mass is 16.5. The molecule has 2 aromatic rings. The fraction of sp³-hybridized carbons (Fsp3) is 0.615. The normalized spacial score (nSPS) is 11.0. The first-order valence-electron chi connectivity index (χ1n) is 12.0. The maximum absolute atomic E-state index is 5.66. The number of ether oxygens (including phenoxy) is 2. The zero-order valence-electron chi connectivity index (χ0n) is 19.1. The van der Waals surface area contributed by atoms with Crippen molar-refractivity contribution < 1.29 is 9.47 Å². The summed E-state index contributed by atoms with van der Waals surface area (Å²) in [5, 5.41) is 0. The second-order valence-electron chi connectivity index (χ2n) is 7.98. The number of aryl methyl sites for hydroxylation is 1. The molecule has 1 aromatic heterocycles. The minimum atomic E-state index is 0.530. The average Bonchev–Trinajstić information content (AvgIpc) is 2.79. The molecule has 0 amide bonds. The molecule has 2 rings (SSSR count). The molecule has 0 radical (unpaired) electrons. The predicted molar refractivity (Wildman–Crippen MR) is 125 cm³/mol. The van der Waals surface area contributed by atoms with E-state index in [-0.39, 0.29) is 0 Å². The summed E-state index contributed by atoms with van der Waals surface area (Å²) < 4.78 is 11.2. The third-order valence-electron chi connectivity index (χ3n) is 5.30. The van der Waals surface area contributed by atoms with Crippen LogP contribution in [-0.2, 0) is 11.2 Å². The van der Waals surface area contributed by atoms with E-state index in [1.807, 2.05) is 0 Å². The Hall–Kier alpha value is -1.94. The van der Waals surface area contributed by atoms with E-state index < -0.39 is 0 Å². The first-order valence-corrected chi connectivity index (χ1v) is 12.0. The largest absolute Gasteiger partial charge is 0.488 e. The summed E-state index contributed by atoms with van der Waals surface area (Å²) in [6.07, 6.45) is 17.6. The van der Waals surface area contributed by atoms with E-state index in [1.165, 1.54) is 63.4 Å². The quantitative estimate of drug-likeness (QED) is 0.262. The van der Waals surface area contributed by atoms with E-state index in [0.29, 0.717) is 19.0 Å². The summed E-state index contributed by atoms with van der Waals surface area (Å²) in [4.78, 5) is 8.90. The van der Waals surface area contributed by atoms with Crippen molar-refractivity contribution in [2.75, 3.05) is 19.8 Å². The molecule has 0 spiro atoms. The van der Waals surface area contributed by atoms with Gasteiger partial charge in [-0.15, -0.1) is 0 Å². The van der Waals surface area contributed by atoms with Gasteiger partial charge in [0.15, 0.2) is 11.6 Å². The Kier molecular flexibility index (Phi) is 12.8. The Bertz CT molecular complexity index is 596. The summed E-state index contributed by atoms with van der Waals surface area (Å²) in [5.74, 6) is 1.42. The summed E-state index contributed by atoms with van der Waals surface area (Å²) in [5.41, 5.74) is 2.44. The lowest BCUT2D eigenvalue weighted by molar-refractivity contribution is 0.0971. The van der Waals surface area contributed by atoms with Gasteiger partial charge in [-0.05, 0) is 24.8 Å². The Morgan fingerprint density at radius 3 is 2.00 bits per heavy atom. The van der Waals surface area contributed by atoms with Gasteiger partial charge in [0.1, 0.15) is 6.61 Å². The third-order valence-corrected chi connectivity index (χ3v) is 5.30. The maximum Gasteiger partial charge on any atom is 0.159 e. The van der Waals surface area contributed by atoms with Gasteiger partial charge in [-0.2, -0.15) is 0 Å². The molecular formula is C26H40N2O2. The minimum absolute atomic E-state index is 0.530. The fourth-order valence-corrected chi connectivity index (χ4v) is 3.42. The van der Waals surface area contributed by atoms with Crippen LogP contribution >= 0.6 is 0 Å². The molecule has 1 aromatic carbocycles. The Balaban J connectivity index is 1.65. The van der Waals surface area contributed by atoms with Crippen LogP contribution < -0.4 is 4.74 Å². The molecule has 0 aliphatic carbocycles. The van der Waals surface area contributed by atoms with Crippen LogP contribution in [0, 0.1) is 0 Å². The first-order chi connectivity index (χ1) is 14.8. The molecule has 1 heterocycles. The van der Waals surface area contributed by atoms with Gasteiger partial charge in [0.05, 0.1) is 19.0 Å². The van der Waals surface area contributed by atoms with Crippen molar-refractivity contribution in [2.45, 2.75) is 84.5 Å². The monoisotopic (exact) mass is 412 g/mol. The van der Waals surface area contributed by atoms with Crippen molar-refractivity contribution in [1.29, 1.82) is 0 Å². The Morgan fingerprint density at radius 1 is 0.667 bits per heavy atom. The molecule has 0 N–H and O–H groups in total. The zero-order valence-corrected chi connectivity index (χ0v) is 19.1. The molecule has 0 fully saturated rings. The molecule has 0 aliphatic heterocycles. The number of hydrogen-bond donors (Lipinski definition) is 0. The van der Waals surface area contributed by atoms with E-state index in [4.69, 9.17) is 9.47 Å². The lowest BCUT2D eigenvalue weighted by Gasteiger charge is -2.07. The van der Waals surface area contributed by atoms with E-state index in [1.54, 1.807) is 12.4 Å². The number of nitrogens with zero attached hydrogens (tertiary/aromatic N) is 2. The molecule has 0 saturated carbocycles. The van der Waals surface area contributed by atoms with Gasteiger partial charge < -0.3 is 9.47 Å². The molecule has 0 bridgehead atoms. The summed E-state index contributed by atoms with van der Waals surface area (Å²) in [6.45, 7) is 6.40. The van der Waals surface area contributed by atoms with Gasteiger partial charge in [-0.25, -0.2) is 9.97 Å². The van der Waals surface area contributed by atoms with Gasteiger partial charge in [-0.3, -0.25) is 0 Å². The Labute approximate surface area is 183 Å². The van der Waals surface area contributed by atoms with E-state index >= 15 is 0 Å². The van der Waals surface area contributed by atoms with Crippen LogP contribution in [0.1, 0.15) is 83.6 Å². The van der Waals surface area contributed by atoms with Crippen molar-refractivity contribution in [2.24, 2.45) is 0 Å². The number of benzene rings is 1. The van der Waals surface area contributed by atoms with Gasteiger partial charge in [0.25, 0.3) is 0 Å². The van der Waals surface area contributed by atoms with Crippen molar-refractivity contribution in [3.63, 3.8) is 0 Å². The highest BCUT2D eigenvalue weighted by Crippen LogP contribution is 2.18. The van der Waals surface area contributed by atoms with E-state index in [9.17, 15) is 0 Å². The molecule has 4 heteroatoms. The highest BCUT2D eigenvalue weighted by molar-refractivity contribution is 5.55. The number of hydrogen-bond acceptors (Lipinski definition) is 4. The Morgan fingerprint density at radius 2 is 1.30 bits per heavy atom. The maximum atomic E-state index is 5.66. The molecular weight excluding hydrogens is 372 g/mol. The second kappa shape index (κ2) is 15.8. The fourth-order valence-electron chi connectivity index (χ4n) is 3.42. The number of unbranched alkanes of at least 4 members (excludes halogenated alkanes) is 8. The molecule has 0 atom stereocenters. The van der Waals surface area contributed by atoms with Gasteiger partial charge in [0, 0.05) is 12.2 Å². The van der Waals surface area contributed by atoms with E-state index in [0.717, 1.165) is 30.8 Å². The molecule has 166 valence electrons. The minimum Gasteiger partial charge on any atom is -0.488 e. The smallest absolute Gasteiger partial charge is 0.159 e. The predicted octanol–water partition coefficient (Wildman–Crippen LogP) is 7.02. The first kappa shape index (κ1) is 24.3. The summed E-state index contributed by atoms with van der Waals surface area (Å²) >= 11 is 0. The number of rotatable bonds is 17. The molecule has 0 unspecified atom stereocenters. The molecule has 4 nitrogen and oxygen atoms in total. The molecule has 0 saturated heterocycles. The SMILES string of the molecule is CCCCCCCCCc1ccc(-c2ncc(OCCOCCCCC)cn2)cc1. The van der Waals surface area contributed by atoms with Crippen LogP contribution in [0.5, 0.6) is 5.75 Å². The molecule has 0 aliphatic rings. The van der Waals surface area contributed by atoms with Crippen molar-refractivity contribution >= 4 is 0 Å². The van der Waals surface area contributed by atoms with Gasteiger partial charge in [-0.1, -0.05) is 89.5 Å². The second-order valence-corrected chi connectivity index (χ2v) is 7.98. The van der Waals surface area contributed by atoms with Gasteiger partial charge >= 0.3 is 0 Å². The summed E-state index contributed by atoms with van der Waals surface area (Å²) in [7, 11) is 0. The van der Waals surface area contributed by atoms with Crippen LogP contribution in [0.25, 0.3) is 11.4 Å². The highest BCUT2D eigenvalue weighted by Gasteiger charge is 2.03. The topological polar surface area (TPSA) is 44.2 Å². The average molecular weight is 413 g/mol. The van der Waals surface area contributed by atoms with Crippen molar-refractivity contribution in [3.8, 4) is 17.1 Å². The third kappa shape index (κ3) is 10.2. The van der Waals surface area contributed by atoms with Crippen LogP contribution in [0.15, 0.2) is 36.7 Å². The van der Waals surface area contributed by atoms with Crippen LogP contribution in [-0.4, -0.2) is 29.8 Å². The number of aromatic nitrogens is 2. The van der Waals surface area contributed by atoms with Gasteiger partial charge in [0.2, 0.25) is 0 Å². The lowest BCUT2D eigenvalue weighted by atomic mass is 10.0. The van der Waals surface area contributed by atoms with Crippen LogP contribution in [0.4, 0.5) is 0 Å². The van der Waals surface area contributed by atoms with Crippen molar-refractivity contribution in [1.82, 2.24) is 9.97 Å². The van der Waals surface area contributed by atoms with E-state index in [2.05, 4.69) is 48.1 Å². The van der Waals surface area contributed by atoms with Crippen LogP contribution in [0.2, 0.25) is 0 Å². The van der Waals surface area contributed by atoms with Crippen molar-refractivity contribution in [3.05, 3.63) is 42.2 Å². The van der Waals surface area contributed by atoms with Crippen LogP contribution in [0.3, 0.4) is 0 Å².